The Morgan fingerprint density at radius 2 is 2.05 bits per heavy atom. The Bertz CT molecular complexity index is 556. The number of hydrogen-bond acceptors (Lipinski definition) is 4. The summed E-state index contributed by atoms with van der Waals surface area (Å²) in [5.74, 6) is -0.0482. The lowest BCUT2D eigenvalue weighted by Gasteiger charge is -2.17. The van der Waals surface area contributed by atoms with Gasteiger partial charge in [-0.25, -0.2) is 8.42 Å². The van der Waals surface area contributed by atoms with Gasteiger partial charge >= 0.3 is 0 Å². The Morgan fingerprint density at radius 3 is 2.60 bits per heavy atom. The maximum absolute atomic E-state index is 11.9. The molecule has 1 aliphatic rings. The van der Waals surface area contributed by atoms with Crippen molar-refractivity contribution in [3.63, 3.8) is 0 Å². The van der Waals surface area contributed by atoms with Crippen LogP contribution in [0.1, 0.15) is 24.4 Å². The van der Waals surface area contributed by atoms with E-state index in [0.717, 1.165) is 5.56 Å². The second kappa shape index (κ2) is 6.37. The average Bonchev–Trinajstić information content (AvgIpc) is 2.76. The number of amides is 1. The van der Waals surface area contributed by atoms with Crippen molar-refractivity contribution in [2.75, 3.05) is 18.1 Å². The van der Waals surface area contributed by atoms with Crippen LogP contribution in [-0.2, 0) is 14.6 Å². The third-order valence-electron chi connectivity index (χ3n) is 3.52. The second-order valence-electron chi connectivity index (χ2n) is 5.19. The van der Waals surface area contributed by atoms with Crippen LogP contribution in [0.25, 0.3) is 0 Å². The van der Waals surface area contributed by atoms with Gasteiger partial charge < -0.3 is 10.4 Å². The van der Waals surface area contributed by atoms with Crippen LogP contribution in [0.3, 0.4) is 0 Å². The lowest BCUT2D eigenvalue weighted by atomic mass is 10.0. The number of rotatable bonds is 5. The first-order valence-corrected chi connectivity index (χ1v) is 8.48. The Kier molecular flexibility index (Phi) is 4.77. The Balaban J connectivity index is 1.90. The van der Waals surface area contributed by atoms with Crippen molar-refractivity contribution in [1.29, 1.82) is 0 Å². The van der Waals surface area contributed by atoms with Crippen LogP contribution in [0, 0.1) is 5.92 Å². The van der Waals surface area contributed by atoms with Gasteiger partial charge in [0.05, 0.1) is 24.2 Å². The summed E-state index contributed by atoms with van der Waals surface area (Å²) >= 11 is 0. The predicted molar refractivity (Wildman–Crippen MR) is 75.8 cm³/mol. The van der Waals surface area contributed by atoms with Crippen molar-refractivity contribution < 1.29 is 18.3 Å². The molecule has 1 aromatic carbocycles. The first kappa shape index (κ1) is 15.0. The van der Waals surface area contributed by atoms with Gasteiger partial charge in [0, 0.05) is 6.42 Å². The van der Waals surface area contributed by atoms with Crippen LogP contribution < -0.4 is 5.32 Å². The molecule has 0 aromatic heterocycles. The van der Waals surface area contributed by atoms with Gasteiger partial charge in [-0.15, -0.1) is 0 Å². The number of carbonyl (C=O) groups excluding carboxylic acids is 1. The largest absolute Gasteiger partial charge is 0.394 e. The minimum atomic E-state index is -2.96. The third-order valence-corrected chi connectivity index (χ3v) is 5.36. The zero-order valence-electron chi connectivity index (χ0n) is 11.2. The first-order chi connectivity index (χ1) is 9.50. The summed E-state index contributed by atoms with van der Waals surface area (Å²) in [6.07, 6.45) is 0.743. The fraction of sp³-hybridized carbons (Fsp3) is 0.500. The molecule has 1 heterocycles. The third kappa shape index (κ3) is 4.05. The van der Waals surface area contributed by atoms with Crippen LogP contribution in [0.5, 0.6) is 0 Å². The Labute approximate surface area is 118 Å². The normalized spacial score (nSPS) is 22.4. The van der Waals surface area contributed by atoms with Gasteiger partial charge in [-0.3, -0.25) is 4.79 Å². The molecule has 1 aliphatic heterocycles. The van der Waals surface area contributed by atoms with E-state index < -0.39 is 15.9 Å². The fourth-order valence-electron chi connectivity index (χ4n) is 2.47. The van der Waals surface area contributed by atoms with Gasteiger partial charge in [-0.1, -0.05) is 30.3 Å². The lowest BCUT2D eigenvalue weighted by Crippen LogP contribution is -2.32. The van der Waals surface area contributed by atoms with Gasteiger partial charge in [0.25, 0.3) is 0 Å². The van der Waals surface area contributed by atoms with Crippen molar-refractivity contribution >= 4 is 15.7 Å². The molecular formula is C14H19NO4S. The molecule has 2 atom stereocenters. The van der Waals surface area contributed by atoms with E-state index in [0.29, 0.717) is 6.42 Å². The van der Waals surface area contributed by atoms with E-state index in [1.165, 1.54) is 0 Å². The Hall–Kier alpha value is -1.40. The molecule has 2 N–H and O–H groups in total. The van der Waals surface area contributed by atoms with Crippen LogP contribution in [0.2, 0.25) is 0 Å². The molecule has 1 fully saturated rings. The van der Waals surface area contributed by atoms with E-state index in [9.17, 15) is 18.3 Å². The van der Waals surface area contributed by atoms with Crippen LogP contribution in [0.15, 0.2) is 30.3 Å². The summed E-state index contributed by atoms with van der Waals surface area (Å²) in [5, 5.41) is 12.1. The summed E-state index contributed by atoms with van der Waals surface area (Å²) < 4.78 is 22.7. The molecule has 0 bridgehead atoms. The molecule has 1 aromatic rings. The van der Waals surface area contributed by atoms with Crippen molar-refractivity contribution in [2.45, 2.75) is 18.9 Å². The highest BCUT2D eigenvalue weighted by Crippen LogP contribution is 2.22. The standard InChI is InChI=1S/C14H19NO4S/c16-9-13(12-4-2-1-3-5-12)15-14(17)8-11-6-7-20(18,19)10-11/h1-5,11,13,16H,6-10H2,(H,15,17)/t11?,13-/m0/s1. The smallest absolute Gasteiger partial charge is 0.220 e. The fourth-order valence-corrected chi connectivity index (χ4v) is 4.33. The van der Waals surface area contributed by atoms with Gasteiger partial charge in [-0.2, -0.15) is 0 Å². The number of hydrogen-bond donors (Lipinski definition) is 2. The van der Waals surface area contributed by atoms with E-state index in [4.69, 9.17) is 0 Å². The molecular weight excluding hydrogens is 278 g/mol. The molecule has 20 heavy (non-hydrogen) atoms. The highest BCUT2D eigenvalue weighted by Gasteiger charge is 2.29. The molecule has 110 valence electrons. The summed E-state index contributed by atoms with van der Waals surface area (Å²) in [6.45, 7) is -0.182. The quantitative estimate of drug-likeness (QED) is 0.836. The topological polar surface area (TPSA) is 83.5 Å². The number of aliphatic hydroxyl groups is 1. The molecule has 1 saturated heterocycles. The van der Waals surface area contributed by atoms with Crippen LogP contribution >= 0.6 is 0 Å². The van der Waals surface area contributed by atoms with E-state index in [-0.39, 0.29) is 36.4 Å². The van der Waals surface area contributed by atoms with E-state index in [1.54, 1.807) is 0 Å². The van der Waals surface area contributed by atoms with Gasteiger partial charge in [0.15, 0.2) is 9.84 Å². The number of carbonyl (C=O) groups is 1. The van der Waals surface area contributed by atoms with Crippen molar-refractivity contribution in [3.8, 4) is 0 Å². The minimum Gasteiger partial charge on any atom is -0.394 e. The summed E-state index contributed by atoms with van der Waals surface area (Å²) in [4.78, 5) is 11.9. The summed E-state index contributed by atoms with van der Waals surface area (Å²) in [5.41, 5.74) is 0.836. The monoisotopic (exact) mass is 297 g/mol. The molecule has 0 saturated carbocycles. The summed E-state index contributed by atoms with van der Waals surface area (Å²) in [7, 11) is -2.96. The molecule has 5 nitrogen and oxygen atoms in total. The predicted octanol–water partition coefficient (Wildman–Crippen LogP) is 0.661. The van der Waals surface area contributed by atoms with E-state index >= 15 is 0 Å². The second-order valence-corrected chi connectivity index (χ2v) is 7.42. The molecule has 1 unspecified atom stereocenters. The van der Waals surface area contributed by atoms with Gasteiger partial charge in [-0.05, 0) is 17.9 Å². The number of sulfone groups is 1. The highest BCUT2D eigenvalue weighted by molar-refractivity contribution is 7.91. The van der Waals surface area contributed by atoms with E-state index in [1.807, 2.05) is 30.3 Å². The first-order valence-electron chi connectivity index (χ1n) is 6.66. The molecule has 0 aliphatic carbocycles. The molecule has 0 spiro atoms. The van der Waals surface area contributed by atoms with Gasteiger partial charge in [0.1, 0.15) is 0 Å². The number of aliphatic hydroxyl groups excluding tert-OH is 1. The zero-order valence-corrected chi connectivity index (χ0v) is 12.0. The Morgan fingerprint density at radius 1 is 1.35 bits per heavy atom. The lowest BCUT2D eigenvalue weighted by molar-refractivity contribution is -0.122. The van der Waals surface area contributed by atoms with Crippen molar-refractivity contribution in [1.82, 2.24) is 5.32 Å². The van der Waals surface area contributed by atoms with Crippen LogP contribution in [0.4, 0.5) is 0 Å². The number of benzene rings is 1. The molecule has 6 heteroatoms. The number of nitrogens with one attached hydrogen (secondary N) is 1. The van der Waals surface area contributed by atoms with Crippen molar-refractivity contribution in [2.24, 2.45) is 5.92 Å². The molecule has 1 amide bonds. The molecule has 2 rings (SSSR count). The summed E-state index contributed by atoms with van der Waals surface area (Å²) in [6, 6.07) is 8.77. The van der Waals surface area contributed by atoms with Crippen molar-refractivity contribution in [3.05, 3.63) is 35.9 Å². The SMILES string of the molecule is O=C(CC1CCS(=O)(=O)C1)N[C@@H](CO)c1ccccc1. The molecule has 0 radical (unpaired) electrons. The minimum absolute atomic E-state index is 0.0928. The highest BCUT2D eigenvalue weighted by atomic mass is 32.2. The average molecular weight is 297 g/mol. The van der Waals surface area contributed by atoms with E-state index in [2.05, 4.69) is 5.32 Å². The van der Waals surface area contributed by atoms with Crippen LogP contribution in [-0.4, -0.2) is 37.5 Å². The maximum Gasteiger partial charge on any atom is 0.220 e. The zero-order chi connectivity index (χ0) is 14.6. The van der Waals surface area contributed by atoms with Gasteiger partial charge in [0.2, 0.25) is 5.91 Å². The maximum atomic E-state index is 11.9.